The molecule has 1 aromatic heterocycles. The summed E-state index contributed by atoms with van der Waals surface area (Å²) in [5, 5.41) is 4.91. The number of ether oxygens (including phenoxy) is 2. The van der Waals surface area contributed by atoms with E-state index in [1.54, 1.807) is 36.5 Å². The molecule has 1 N–H and O–H groups in total. The molecular formula is C25H19BrFN3O3. The first-order chi connectivity index (χ1) is 16.1. The summed E-state index contributed by atoms with van der Waals surface area (Å²) in [6.07, 6.45) is 3.20. The second-order valence-electron chi connectivity index (χ2n) is 7.02. The summed E-state index contributed by atoms with van der Waals surface area (Å²) in [7, 11) is 0. The van der Waals surface area contributed by atoms with Gasteiger partial charge in [0.1, 0.15) is 29.4 Å². The number of amides is 1. The number of halogens is 2. The van der Waals surface area contributed by atoms with Crippen LogP contribution in [0.5, 0.6) is 11.5 Å². The van der Waals surface area contributed by atoms with Gasteiger partial charge in [-0.15, -0.1) is 0 Å². The number of pyridine rings is 1. The van der Waals surface area contributed by atoms with E-state index in [1.807, 2.05) is 30.3 Å². The molecule has 4 aromatic rings. The van der Waals surface area contributed by atoms with E-state index in [0.717, 1.165) is 21.0 Å². The van der Waals surface area contributed by atoms with Crippen molar-refractivity contribution in [3.8, 4) is 11.5 Å². The largest absolute Gasteiger partial charge is 0.488 e. The van der Waals surface area contributed by atoms with Crippen molar-refractivity contribution in [2.75, 3.05) is 6.61 Å². The van der Waals surface area contributed by atoms with Crippen molar-refractivity contribution in [2.24, 2.45) is 5.10 Å². The Kier molecular flexibility index (Phi) is 7.26. The summed E-state index contributed by atoms with van der Waals surface area (Å²) in [6, 6.07) is 20.9. The Morgan fingerprint density at radius 2 is 1.85 bits per heavy atom. The van der Waals surface area contributed by atoms with Crippen LogP contribution >= 0.6 is 15.9 Å². The minimum atomic E-state index is -0.391. The van der Waals surface area contributed by atoms with E-state index < -0.39 is 5.91 Å². The molecular weight excluding hydrogens is 489 g/mol. The van der Waals surface area contributed by atoms with Gasteiger partial charge in [0, 0.05) is 11.6 Å². The van der Waals surface area contributed by atoms with Gasteiger partial charge in [-0.05, 0) is 69.5 Å². The predicted molar refractivity (Wildman–Crippen MR) is 128 cm³/mol. The molecule has 6 nitrogen and oxygen atoms in total. The van der Waals surface area contributed by atoms with Crippen molar-refractivity contribution in [3.63, 3.8) is 0 Å². The van der Waals surface area contributed by atoms with E-state index in [9.17, 15) is 9.18 Å². The zero-order chi connectivity index (χ0) is 23.0. The molecule has 166 valence electrons. The second kappa shape index (κ2) is 10.7. The van der Waals surface area contributed by atoms with Crippen molar-refractivity contribution >= 4 is 39.0 Å². The third-order valence-electron chi connectivity index (χ3n) is 4.62. The van der Waals surface area contributed by atoms with Crippen molar-refractivity contribution in [1.82, 2.24) is 10.4 Å². The van der Waals surface area contributed by atoms with Crippen LogP contribution in [0.2, 0.25) is 0 Å². The Morgan fingerprint density at radius 3 is 2.67 bits per heavy atom. The van der Waals surface area contributed by atoms with Gasteiger partial charge in [0.2, 0.25) is 0 Å². The Bertz CT molecular complexity index is 1290. The smallest absolute Gasteiger partial charge is 0.277 e. The van der Waals surface area contributed by atoms with E-state index in [-0.39, 0.29) is 12.4 Å². The molecule has 0 unspecified atom stereocenters. The van der Waals surface area contributed by atoms with E-state index in [1.165, 1.54) is 18.3 Å². The lowest BCUT2D eigenvalue weighted by molar-refractivity contribution is -0.123. The number of fused-ring (bicyclic) bond motifs is 1. The Hall–Kier alpha value is -3.78. The van der Waals surface area contributed by atoms with E-state index in [2.05, 4.69) is 31.4 Å². The molecule has 0 atom stereocenters. The fourth-order valence-corrected chi connectivity index (χ4v) is 3.51. The molecule has 0 bridgehead atoms. The summed E-state index contributed by atoms with van der Waals surface area (Å²) >= 11 is 3.46. The number of hydrazone groups is 1. The second-order valence-corrected chi connectivity index (χ2v) is 7.87. The highest BCUT2D eigenvalue weighted by molar-refractivity contribution is 9.10. The summed E-state index contributed by atoms with van der Waals surface area (Å²) in [6.45, 7) is 0.126. The van der Waals surface area contributed by atoms with E-state index in [4.69, 9.17) is 9.47 Å². The van der Waals surface area contributed by atoms with Gasteiger partial charge in [-0.3, -0.25) is 9.78 Å². The third kappa shape index (κ3) is 6.14. The van der Waals surface area contributed by atoms with Crippen LogP contribution in [0.3, 0.4) is 0 Å². The first-order valence-corrected chi connectivity index (χ1v) is 10.8. The minimum Gasteiger partial charge on any atom is -0.488 e. The van der Waals surface area contributed by atoms with Crippen molar-refractivity contribution in [3.05, 3.63) is 100 Å². The van der Waals surface area contributed by atoms with Crippen LogP contribution in [0, 0.1) is 5.82 Å². The molecule has 0 radical (unpaired) electrons. The number of hydrogen-bond acceptors (Lipinski definition) is 5. The first kappa shape index (κ1) is 22.4. The summed E-state index contributed by atoms with van der Waals surface area (Å²) in [5.74, 6) is 0.496. The quantitative estimate of drug-likeness (QED) is 0.261. The molecule has 0 fully saturated rings. The predicted octanol–water partition coefficient (Wildman–Crippen LogP) is 5.24. The SMILES string of the molecule is O=C(COc1cccc2cccnc12)N/N=C/c1ccc(OCc2ccc(F)cc2)c(Br)c1. The zero-order valence-corrected chi connectivity index (χ0v) is 19.0. The minimum absolute atomic E-state index is 0.188. The third-order valence-corrected chi connectivity index (χ3v) is 5.24. The van der Waals surface area contributed by atoms with Crippen LogP contribution in [0.25, 0.3) is 10.9 Å². The Morgan fingerprint density at radius 1 is 1.03 bits per heavy atom. The molecule has 1 amide bonds. The van der Waals surface area contributed by atoms with Crippen molar-refractivity contribution in [2.45, 2.75) is 6.61 Å². The lowest BCUT2D eigenvalue weighted by atomic mass is 10.2. The Labute approximate surface area is 198 Å². The van der Waals surface area contributed by atoms with Gasteiger partial charge in [-0.25, -0.2) is 9.82 Å². The molecule has 0 aliphatic heterocycles. The van der Waals surface area contributed by atoms with E-state index >= 15 is 0 Å². The molecule has 0 spiro atoms. The van der Waals surface area contributed by atoms with Gasteiger partial charge < -0.3 is 9.47 Å². The molecule has 1 heterocycles. The van der Waals surface area contributed by atoms with Crippen LogP contribution < -0.4 is 14.9 Å². The van der Waals surface area contributed by atoms with Crippen molar-refractivity contribution < 1.29 is 18.7 Å². The molecule has 3 aromatic carbocycles. The average molecular weight is 508 g/mol. The van der Waals surface area contributed by atoms with Crippen LogP contribution in [-0.4, -0.2) is 23.7 Å². The number of nitrogens with one attached hydrogen (secondary N) is 1. The summed E-state index contributed by atoms with van der Waals surface area (Å²) in [5.41, 5.74) is 4.76. The molecule has 33 heavy (non-hydrogen) atoms. The average Bonchev–Trinajstić information content (AvgIpc) is 2.83. The fraction of sp³-hybridized carbons (Fsp3) is 0.0800. The lowest BCUT2D eigenvalue weighted by Crippen LogP contribution is -2.24. The molecule has 0 saturated heterocycles. The number of para-hydroxylation sites is 1. The van der Waals surface area contributed by atoms with Crippen molar-refractivity contribution in [1.29, 1.82) is 0 Å². The maximum atomic E-state index is 13.0. The van der Waals surface area contributed by atoms with Crippen LogP contribution in [0.4, 0.5) is 4.39 Å². The highest BCUT2D eigenvalue weighted by atomic mass is 79.9. The fourth-order valence-electron chi connectivity index (χ4n) is 3.00. The van der Waals surface area contributed by atoms with Crippen LogP contribution in [0.1, 0.15) is 11.1 Å². The van der Waals surface area contributed by atoms with Gasteiger partial charge in [-0.1, -0.05) is 30.3 Å². The number of hydrogen-bond donors (Lipinski definition) is 1. The maximum absolute atomic E-state index is 13.0. The number of carbonyl (C=O) groups is 1. The Balaban J connectivity index is 1.28. The van der Waals surface area contributed by atoms with Crippen LogP contribution in [-0.2, 0) is 11.4 Å². The van der Waals surface area contributed by atoms with Gasteiger partial charge >= 0.3 is 0 Å². The number of aromatic nitrogens is 1. The van der Waals surface area contributed by atoms with Gasteiger partial charge in [0.05, 0.1) is 10.7 Å². The molecule has 0 saturated carbocycles. The van der Waals surface area contributed by atoms with Gasteiger partial charge in [0.25, 0.3) is 5.91 Å². The monoisotopic (exact) mass is 507 g/mol. The maximum Gasteiger partial charge on any atom is 0.277 e. The number of carbonyl (C=O) groups excluding carboxylic acids is 1. The first-order valence-electron chi connectivity index (χ1n) is 10.0. The molecule has 0 aliphatic carbocycles. The summed E-state index contributed by atoms with van der Waals surface area (Å²) in [4.78, 5) is 16.4. The number of rotatable bonds is 8. The number of nitrogens with zero attached hydrogens (tertiary/aromatic N) is 2. The highest BCUT2D eigenvalue weighted by Gasteiger charge is 2.07. The molecule has 4 rings (SSSR count). The standard InChI is InChI=1S/C25H19BrFN3O3/c26-21-13-18(8-11-22(21)32-15-17-6-9-20(27)10-7-17)14-29-30-24(31)16-33-23-5-1-3-19-4-2-12-28-25(19)23/h1-14H,15-16H2,(H,30,31)/b29-14+. The van der Waals surface area contributed by atoms with E-state index in [0.29, 0.717) is 23.6 Å². The van der Waals surface area contributed by atoms with Crippen LogP contribution in [0.15, 0.2) is 88.6 Å². The van der Waals surface area contributed by atoms with Gasteiger partial charge in [-0.2, -0.15) is 5.10 Å². The highest BCUT2D eigenvalue weighted by Crippen LogP contribution is 2.26. The number of benzene rings is 3. The van der Waals surface area contributed by atoms with Gasteiger partial charge in [0.15, 0.2) is 6.61 Å². The molecule has 8 heteroatoms. The lowest BCUT2D eigenvalue weighted by Gasteiger charge is -2.09. The zero-order valence-electron chi connectivity index (χ0n) is 17.4. The normalized spacial score (nSPS) is 11.0. The topological polar surface area (TPSA) is 72.8 Å². The molecule has 0 aliphatic rings. The summed E-state index contributed by atoms with van der Waals surface area (Å²) < 4.78 is 25.1.